The maximum Gasteiger partial charge on any atom is 0.433 e. The van der Waals surface area contributed by atoms with E-state index in [0.29, 0.717) is 18.3 Å². The standard InChI is InChI=1S/C21H25F3N6O/c1-11-17-18(29(3)12(2)19(31)30(17)4)28-20(26-11)27-15-8-14(9-15)7-13-5-6-16(25-10-13)21(22,23)24/h5-6,10,12,14-15H,7-9H2,1-4H3,(H,26,27,28)/t12-,14?,15?/m0/s1. The molecule has 1 fully saturated rings. The van der Waals surface area contributed by atoms with Crippen LogP contribution in [0.2, 0.25) is 0 Å². The van der Waals surface area contributed by atoms with Gasteiger partial charge in [-0.05, 0) is 50.7 Å². The fourth-order valence-electron chi connectivity index (χ4n) is 4.24. The molecule has 1 aliphatic heterocycles. The topological polar surface area (TPSA) is 74.2 Å². The van der Waals surface area contributed by atoms with E-state index in [4.69, 9.17) is 0 Å². The van der Waals surface area contributed by atoms with Crippen LogP contribution < -0.4 is 15.1 Å². The minimum absolute atomic E-state index is 0.00185. The summed E-state index contributed by atoms with van der Waals surface area (Å²) in [5, 5.41) is 3.36. The van der Waals surface area contributed by atoms with Crippen molar-refractivity contribution in [3.63, 3.8) is 0 Å². The molecular formula is C21H25F3N6O. The molecule has 0 radical (unpaired) electrons. The lowest BCUT2D eigenvalue weighted by Gasteiger charge is -2.39. The summed E-state index contributed by atoms with van der Waals surface area (Å²) in [6, 6.07) is 2.44. The number of hydrogen-bond donors (Lipinski definition) is 1. The first-order chi connectivity index (χ1) is 14.5. The van der Waals surface area contributed by atoms with E-state index in [0.717, 1.165) is 41.7 Å². The molecule has 0 saturated heterocycles. The highest BCUT2D eigenvalue weighted by Crippen LogP contribution is 2.37. The number of carbonyl (C=O) groups excluding carboxylic acids is 1. The van der Waals surface area contributed by atoms with Crippen LogP contribution in [0.25, 0.3) is 0 Å². The second-order valence-corrected chi connectivity index (χ2v) is 8.42. The number of fused-ring (bicyclic) bond motifs is 1. The summed E-state index contributed by atoms with van der Waals surface area (Å²) < 4.78 is 37.9. The minimum Gasteiger partial charge on any atom is -0.351 e. The molecule has 4 rings (SSSR count). The molecule has 1 saturated carbocycles. The molecule has 2 aromatic heterocycles. The zero-order chi connectivity index (χ0) is 22.5. The lowest BCUT2D eigenvalue weighted by molar-refractivity contribution is -0.141. The number of aromatic nitrogens is 3. The zero-order valence-electron chi connectivity index (χ0n) is 17.9. The highest BCUT2D eigenvalue weighted by molar-refractivity contribution is 6.04. The Morgan fingerprint density at radius 3 is 2.52 bits per heavy atom. The van der Waals surface area contributed by atoms with Crippen LogP contribution in [0.5, 0.6) is 0 Å². The number of halogens is 3. The van der Waals surface area contributed by atoms with Crippen LogP contribution in [-0.4, -0.2) is 47.0 Å². The number of alkyl halides is 3. The van der Waals surface area contributed by atoms with Gasteiger partial charge in [0.1, 0.15) is 17.4 Å². The molecule has 10 heteroatoms. The molecule has 0 spiro atoms. The fourth-order valence-corrected chi connectivity index (χ4v) is 4.24. The molecule has 0 aromatic carbocycles. The highest BCUT2D eigenvalue weighted by atomic mass is 19.4. The molecule has 1 amide bonds. The van der Waals surface area contributed by atoms with Crippen molar-refractivity contribution in [3.8, 4) is 0 Å². The Bertz CT molecular complexity index is 988. The van der Waals surface area contributed by atoms with Gasteiger partial charge >= 0.3 is 6.18 Å². The largest absolute Gasteiger partial charge is 0.433 e. The second kappa shape index (κ2) is 7.65. The number of pyridine rings is 1. The van der Waals surface area contributed by atoms with E-state index in [2.05, 4.69) is 20.3 Å². The van der Waals surface area contributed by atoms with Gasteiger partial charge in [0.2, 0.25) is 11.9 Å². The SMILES string of the molecule is Cc1nc(NC2CC(Cc3ccc(C(F)(F)F)nc3)C2)nc2c1N(C)C(=O)[C@H](C)N2C. The minimum atomic E-state index is -4.41. The summed E-state index contributed by atoms with van der Waals surface area (Å²) in [4.78, 5) is 28.6. The van der Waals surface area contributed by atoms with E-state index in [1.807, 2.05) is 25.8 Å². The molecule has 1 N–H and O–H groups in total. The molecule has 0 unspecified atom stereocenters. The summed E-state index contributed by atoms with van der Waals surface area (Å²) in [6.07, 6.45) is -0.643. The number of nitrogens with zero attached hydrogens (tertiary/aromatic N) is 5. The third-order valence-electron chi connectivity index (χ3n) is 6.19. The van der Waals surface area contributed by atoms with Gasteiger partial charge in [-0.15, -0.1) is 0 Å². The third kappa shape index (κ3) is 4.03. The van der Waals surface area contributed by atoms with E-state index in [1.54, 1.807) is 11.9 Å². The third-order valence-corrected chi connectivity index (χ3v) is 6.19. The Hall–Kier alpha value is -2.91. The number of anilines is 3. The molecule has 0 bridgehead atoms. The normalized spacial score (nSPS) is 23.5. The number of amides is 1. The second-order valence-electron chi connectivity index (χ2n) is 8.42. The monoisotopic (exact) mass is 434 g/mol. The summed E-state index contributed by atoms with van der Waals surface area (Å²) in [6.45, 7) is 3.71. The van der Waals surface area contributed by atoms with Crippen molar-refractivity contribution in [2.75, 3.05) is 29.2 Å². The molecular weight excluding hydrogens is 409 g/mol. The Morgan fingerprint density at radius 1 is 1.19 bits per heavy atom. The van der Waals surface area contributed by atoms with Gasteiger partial charge in [-0.3, -0.25) is 9.78 Å². The van der Waals surface area contributed by atoms with Gasteiger partial charge in [-0.2, -0.15) is 18.2 Å². The van der Waals surface area contributed by atoms with Crippen LogP contribution in [0, 0.1) is 12.8 Å². The number of rotatable bonds is 4. The number of nitrogens with one attached hydrogen (secondary N) is 1. The lowest BCUT2D eigenvalue weighted by Crippen LogP contribution is -2.50. The van der Waals surface area contributed by atoms with Gasteiger partial charge in [0.25, 0.3) is 0 Å². The van der Waals surface area contributed by atoms with Gasteiger partial charge in [0, 0.05) is 26.3 Å². The Kier molecular flexibility index (Phi) is 5.26. The molecule has 166 valence electrons. The summed E-state index contributed by atoms with van der Waals surface area (Å²) in [5.74, 6) is 1.62. The molecule has 1 aliphatic carbocycles. The quantitative estimate of drug-likeness (QED) is 0.795. The molecule has 3 heterocycles. The van der Waals surface area contributed by atoms with Crippen LogP contribution in [0.15, 0.2) is 18.3 Å². The average molecular weight is 434 g/mol. The van der Waals surface area contributed by atoms with E-state index < -0.39 is 11.9 Å². The van der Waals surface area contributed by atoms with Gasteiger partial charge < -0.3 is 15.1 Å². The van der Waals surface area contributed by atoms with Crippen LogP contribution in [0.4, 0.5) is 30.6 Å². The van der Waals surface area contributed by atoms with Gasteiger partial charge in [-0.25, -0.2) is 4.98 Å². The Labute approximate surface area is 178 Å². The van der Waals surface area contributed by atoms with Crippen molar-refractivity contribution in [1.82, 2.24) is 15.0 Å². The average Bonchev–Trinajstić information content (AvgIpc) is 2.68. The van der Waals surface area contributed by atoms with E-state index in [-0.39, 0.29) is 18.0 Å². The maximum atomic E-state index is 12.6. The number of carbonyl (C=O) groups is 1. The van der Waals surface area contributed by atoms with Crippen molar-refractivity contribution in [2.24, 2.45) is 5.92 Å². The highest BCUT2D eigenvalue weighted by Gasteiger charge is 2.36. The lowest BCUT2D eigenvalue weighted by atomic mass is 9.77. The van der Waals surface area contributed by atoms with Crippen molar-refractivity contribution in [2.45, 2.75) is 51.4 Å². The van der Waals surface area contributed by atoms with Crippen LogP contribution in [-0.2, 0) is 17.4 Å². The predicted molar refractivity (Wildman–Crippen MR) is 111 cm³/mol. The van der Waals surface area contributed by atoms with E-state index in [1.165, 1.54) is 12.3 Å². The number of hydrogen-bond acceptors (Lipinski definition) is 6. The van der Waals surface area contributed by atoms with Gasteiger partial charge in [0.05, 0.1) is 5.69 Å². The maximum absolute atomic E-state index is 12.6. The van der Waals surface area contributed by atoms with Gasteiger partial charge in [-0.1, -0.05) is 6.07 Å². The zero-order valence-corrected chi connectivity index (χ0v) is 17.9. The molecule has 7 nitrogen and oxygen atoms in total. The van der Waals surface area contributed by atoms with Crippen LogP contribution in [0.3, 0.4) is 0 Å². The van der Waals surface area contributed by atoms with Crippen molar-refractivity contribution < 1.29 is 18.0 Å². The number of likely N-dealkylation sites (N-methyl/N-ethyl adjacent to an activating group) is 2. The number of aryl methyl sites for hydroxylation is 1. The Morgan fingerprint density at radius 2 is 1.90 bits per heavy atom. The van der Waals surface area contributed by atoms with Crippen LogP contribution in [0.1, 0.15) is 36.7 Å². The molecule has 2 aromatic rings. The van der Waals surface area contributed by atoms with Crippen molar-refractivity contribution in [1.29, 1.82) is 0 Å². The molecule has 1 atom stereocenters. The first kappa shape index (κ1) is 21.3. The van der Waals surface area contributed by atoms with E-state index in [9.17, 15) is 18.0 Å². The van der Waals surface area contributed by atoms with Gasteiger partial charge in [0.15, 0.2) is 5.82 Å². The Balaban J connectivity index is 1.38. The fraction of sp³-hybridized carbons (Fsp3) is 0.524. The summed E-state index contributed by atoms with van der Waals surface area (Å²) in [5.41, 5.74) is 1.39. The molecule has 2 aliphatic rings. The van der Waals surface area contributed by atoms with Crippen molar-refractivity contribution in [3.05, 3.63) is 35.3 Å². The predicted octanol–water partition coefficient (Wildman–Crippen LogP) is 3.43. The molecule has 31 heavy (non-hydrogen) atoms. The summed E-state index contributed by atoms with van der Waals surface area (Å²) in [7, 11) is 3.59. The first-order valence-corrected chi connectivity index (χ1v) is 10.2. The first-order valence-electron chi connectivity index (χ1n) is 10.2. The van der Waals surface area contributed by atoms with E-state index >= 15 is 0 Å². The summed E-state index contributed by atoms with van der Waals surface area (Å²) >= 11 is 0. The smallest absolute Gasteiger partial charge is 0.351 e. The van der Waals surface area contributed by atoms with Crippen LogP contribution >= 0.6 is 0 Å². The van der Waals surface area contributed by atoms with Crippen molar-refractivity contribution >= 4 is 23.4 Å².